The summed E-state index contributed by atoms with van der Waals surface area (Å²) in [7, 11) is 0. The largest absolute Gasteiger partial charge is 0.264 e. The predicted octanol–water partition coefficient (Wildman–Crippen LogP) is 4.41. The van der Waals surface area contributed by atoms with E-state index in [0.717, 1.165) is 16.5 Å². The Bertz CT molecular complexity index is 986. The highest BCUT2D eigenvalue weighted by atomic mass is 35.5. The fourth-order valence-electron chi connectivity index (χ4n) is 2.43. The van der Waals surface area contributed by atoms with Crippen LogP contribution in [0.25, 0.3) is 33.5 Å². The number of nitrogens with zero attached hydrogens (tertiary/aromatic N) is 4. The lowest BCUT2D eigenvalue weighted by Gasteiger charge is -2.05. The minimum absolute atomic E-state index is 0.169. The van der Waals surface area contributed by atoms with Crippen LogP contribution in [0.4, 0.5) is 0 Å². The fourth-order valence-corrected chi connectivity index (χ4v) is 2.59. The second-order valence-corrected chi connectivity index (χ2v) is 5.39. The third kappa shape index (κ3) is 2.76. The molecule has 0 radical (unpaired) electrons. The Morgan fingerprint density at radius 3 is 2.26 bits per heavy atom. The third-order valence-electron chi connectivity index (χ3n) is 3.54. The van der Waals surface area contributed by atoms with E-state index in [4.69, 9.17) is 11.6 Å². The first-order chi connectivity index (χ1) is 11.3. The molecule has 0 saturated carbocycles. The maximum absolute atomic E-state index is 6.09. The molecule has 0 fully saturated rings. The standard InChI is InChI=1S/C18H11ClN4/c19-18-22-16(21-17(23-18)15-6-3-9-20-11-15)14-8-7-12-4-1-2-5-13(12)10-14/h1-11H. The van der Waals surface area contributed by atoms with Gasteiger partial charge in [-0.05, 0) is 40.6 Å². The summed E-state index contributed by atoms with van der Waals surface area (Å²) in [6.45, 7) is 0. The second-order valence-electron chi connectivity index (χ2n) is 5.06. The van der Waals surface area contributed by atoms with Crippen molar-refractivity contribution >= 4 is 22.4 Å². The van der Waals surface area contributed by atoms with Gasteiger partial charge < -0.3 is 0 Å². The van der Waals surface area contributed by atoms with Crippen LogP contribution in [0.1, 0.15) is 0 Å². The highest BCUT2D eigenvalue weighted by Gasteiger charge is 2.09. The van der Waals surface area contributed by atoms with Gasteiger partial charge in [0.1, 0.15) is 0 Å². The number of hydrogen-bond acceptors (Lipinski definition) is 4. The summed E-state index contributed by atoms with van der Waals surface area (Å²) < 4.78 is 0. The summed E-state index contributed by atoms with van der Waals surface area (Å²) in [6.07, 6.45) is 3.41. The molecule has 5 heteroatoms. The van der Waals surface area contributed by atoms with Crippen molar-refractivity contribution in [2.75, 3.05) is 0 Å². The molecule has 0 spiro atoms. The molecule has 0 aliphatic carbocycles. The molecule has 4 nitrogen and oxygen atoms in total. The molecule has 110 valence electrons. The molecule has 0 saturated heterocycles. The Balaban J connectivity index is 1.86. The first-order valence-corrected chi connectivity index (χ1v) is 7.48. The number of pyridine rings is 1. The summed E-state index contributed by atoms with van der Waals surface area (Å²) in [5, 5.41) is 2.47. The Morgan fingerprint density at radius 1 is 0.696 bits per heavy atom. The first kappa shape index (κ1) is 13.8. The van der Waals surface area contributed by atoms with Gasteiger partial charge >= 0.3 is 0 Å². The third-order valence-corrected chi connectivity index (χ3v) is 3.70. The molecule has 0 bridgehead atoms. The topological polar surface area (TPSA) is 51.6 Å². The molecule has 23 heavy (non-hydrogen) atoms. The Hall–Kier alpha value is -2.85. The lowest BCUT2D eigenvalue weighted by molar-refractivity contribution is 1.06. The van der Waals surface area contributed by atoms with Crippen LogP contribution in [0.15, 0.2) is 67.0 Å². The van der Waals surface area contributed by atoms with Crippen molar-refractivity contribution in [3.05, 3.63) is 72.3 Å². The van der Waals surface area contributed by atoms with E-state index in [-0.39, 0.29) is 5.28 Å². The molecule has 2 heterocycles. The van der Waals surface area contributed by atoms with Gasteiger partial charge in [-0.25, -0.2) is 4.98 Å². The number of rotatable bonds is 2. The van der Waals surface area contributed by atoms with E-state index in [0.29, 0.717) is 11.6 Å². The Kier molecular flexibility index (Phi) is 3.44. The molecule has 0 aliphatic rings. The van der Waals surface area contributed by atoms with Crippen molar-refractivity contribution in [3.8, 4) is 22.8 Å². The van der Waals surface area contributed by atoms with Gasteiger partial charge in [0.2, 0.25) is 5.28 Å². The SMILES string of the molecule is Clc1nc(-c2cccnc2)nc(-c2ccc3ccccc3c2)n1. The van der Waals surface area contributed by atoms with E-state index in [9.17, 15) is 0 Å². The maximum atomic E-state index is 6.09. The molecule has 0 unspecified atom stereocenters. The van der Waals surface area contributed by atoms with Gasteiger partial charge in [-0.15, -0.1) is 0 Å². The highest BCUT2D eigenvalue weighted by molar-refractivity contribution is 6.28. The van der Waals surface area contributed by atoms with Crippen molar-refractivity contribution in [3.63, 3.8) is 0 Å². The highest BCUT2D eigenvalue weighted by Crippen LogP contribution is 2.24. The molecule has 4 aromatic rings. The molecular formula is C18H11ClN4. The lowest BCUT2D eigenvalue weighted by atomic mass is 10.1. The summed E-state index contributed by atoms with van der Waals surface area (Å²) in [5.74, 6) is 1.07. The van der Waals surface area contributed by atoms with Crippen LogP contribution in [0.3, 0.4) is 0 Å². The van der Waals surface area contributed by atoms with E-state index in [1.165, 1.54) is 5.39 Å². The van der Waals surface area contributed by atoms with Crippen LogP contribution in [0.2, 0.25) is 5.28 Å². The average Bonchev–Trinajstić information content (AvgIpc) is 2.61. The van der Waals surface area contributed by atoms with Crippen LogP contribution in [-0.4, -0.2) is 19.9 Å². The zero-order valence-corrected chi connectivity index (χ0v) is 12.8. The van der Waals surface area contributed by atoms with Crippen LogP contribution >= 0.6 is 11.6 Å². The van der Waals surface area contributed by atoms with Gasteiger partial charge in [0.05, 0.1) is 0 Å². The van der Waals surface area contributed by atoms with Gasteiger partial charge in [0.25, 0.3) is 0 Å². The number of fused-ring (bicyclic) bond motifs is 1. The van der Waals surface area contributed by atoms with Crippen molar-refractivity contribution in [1.29, 1.82) is 0 Å². The molecule has 2 aromatic heterocycles. The first-order valence-electron chi connectivity index (χ1n) is 7.11. The van der Waals surface area contributed by atoms with E-state index in [2.05, 4.69) is 32.1 Å². The summed E-state index contributed by atoms with van der Waals surface area (Å²) in [6, 6.07) is 18.0. The zero-order valence-electron chi connectivity index (χ0n) is 12.0. The van der Waals surface area contributed by atoms with Crippen LogP contribution in [0, 0.1) is 0 Å². The van der Waals surface area contributed by atoms with Crippen LogP contribution in [0.5, 0.6) is 0 Å². The predicted molar refractivity (Wildman–Crippen MR) is 91.0 cm³/mol. The number of benzene rings is 2. The molecule has 0 aliphatic heterocycles. The number of halogens is 1. The van der Waals surface area contributed by atoms with E-state index in [1.807, 2.05) is 42.5 Å². The Labute approximate surface area is 137 Å². The van der Waals surface area contributed by atoms with Gasteiger partial charge in [0.15, 0.2) is 11.6 Å². The average molecular weight is 319 g/mol. The number of hydrogen-bond donors (Lipinski definition) is 0. The molecule has 0 atom stereocenters. The Morgan fingerprint density at radius 2 is 1.48 bits per heavy atom. The molecular weight excluding hydrogens is 308 g/mol. The molecule has 2 aromatic carbocycles. The minimum Gasteiger partial charge on any atom is -0.264 e. The zero-order chi connectivity index (χ0) is 15.6. The molecule has 4 rings (SSSR count). The lowest BCUT2D eigenvalue weighted by Crippen LogP contribution is -1.97. The minimum atomic E-state index is 0.169. The molecule has 0 N–H and O–H groups in total. The summed E-state index contributed by atoms with van der Waals surface area (Å²) in [5.41, 5.74) is 1.71. The monoisotopic (exact) mass is 318 g/mol. The number of aromatic nitrogens is 4. The quantitative estimate of drug-likeness (QED) is 0.549. The van der Waals surface area contributed by atoms with Crippen molar-refractivity contribution in [1.82, 2.24) is 19.9 Å². The van der Waals surface area contributed by atoms with Gasteiger partial charge in [-0.2, -0.15) is 9.97 Å². The normalized spacial score (nSPS) is 10.8. The maximum Gasteiger partial charge on any atom is 0.226 e. The smallest absolute Gasteiger partial charge is 0.226 e. The summed E-state index contributed by atoms with van der Waals surface area (Å²) in [4.78, 5) is 17.1. The van der Waals surface area contributed by atoms with E-state index < -0.39 is 0 Å². The second kappa shape index (κ2) is 5.74. The van der Waals surface area contributed by atoms with Crippen molar-refractivity contribution < 1.29 is 0 Å². The van der Waals surface area contributed by atoms with E-state index in [1.54, 1.807) is 12.4 Å². The van der Waals surface area contributed by atoms with Gasteiger partial charge in [-0.1, -0.05) is 36.4 Å². The van der Waals surface area contributed by atoms with Gasteiger partial charge in [0, 0.05) is 23.5 Å². The van der Waals surface area contributed by atoms with Gasteiger partial charge in [-0.3, -0.25) is 4.98 Å². The molecule has 0 amide bonds. The summed E-state index contributed by atoms with van der Waals surface area (Å²) >= 11 is 6.09. The van der Waals surface area contributed by atoms with E-state index >= 15 is 0 Å². The fraction of sp³-hybridized carbons (Fsp3) is 0. The van der Waals surface area contributed by atoms with Crippen molar-refractivity contribution in [2.24, 2.45) is 0 Å². The van der Waals surface area contributed by atoms with Crippen LogP contribution < -0.4 is 0 Å². The van der Waals surface area contributed by atoms with Crippen molar-refractivity contribution in [2.45, 2.75) is 0 Å². The van der Waals surface area contributed by atoms with Crippen LogP contribution in [-0.2, 0) is 0 Å².